The van der Waals surface area contributed by atoms with Gasteiger partial charge in [0.15, 0.2) is 11.5 Å². The minimum Gasteiger partial charge on any atom is -0.493 e. The Morgan fingerprint density at radius 2 is 1.87 bits per heavy atom. The van der Waals surface area contributed by atoms with E-state index in [9.17, 15) is 20.0 Å². The molecule has 0 saturated carbocycles. The monoisotopic (exact) mass is 648 g/mol. The Balaban J connectivity index is 1.14. The fourth-order valence-electron chi connectivity index (χ4n) is 6.49. The number of amides is 2. The van der Waals surface area contributed by atoms with Crippen molar-refractivity contribution < 1.29 is 24.2 Å². The van der Waals surface area contributed by atoms with Crippen LogP contribution < -0.4 is 20.5 Å². The average Bonchev–Trinajstić information content (AvgIpc) is 3.09. The zero-order valence-electron chi connectivity index (χ0n) is 26.2. The van der Waals surface area contributed by atoms with Crippen molar-refractivity contribution in [1.29, 1.82) is 5.26 Å². The highest BCUT2D eigenvalue weighted by molar-refractivity contribution is 6.33. The number of hydrogen-bond acceptors (Lipinski definition) is 9. The highest BCUT2D eigenvalue weighted by Crippen LogP contribution is 2.38. The van der Waals surface area contributed by atoms with Crippen LogP contribution in [0.4, 0.5) is 5.69 Å². The number of allylic oxidation sites excluding steroid dienone is 2. The highest BCUT2D eigenvalue weighted by Gasteiger charge is 2.43. The van der Waals surface area contributed by atoms with E-state index in [1.54, 1.807) is 25.3 Å². The van der Waals surface area contributed by atoms with Crippen LogP contribution in [-0.2, 0) is 9.59 Å². The lowest BCUT2D eigenvalue weighted by Crippen LogP contribution is -2.52. The van der Waals surface area contributed by atoms with Gasteiger partial charge in [0.25, 0.3) is 0 Å². The molecule has 3 unspecified atom stereocenters. The first-order valence-electron chi connectivity index (χ1n) is 15.7. The van der Waals surface area contributed by atoms with Crippen LogP contribution >= 0.6 is 11.6 Å². The fourth-order valence-corrected chi connectivity index (χ4v) is 6.72. The van der Waals surface area contributed by atoms with Gasteiger partial charge in [0.1, 0.15) is 6.07 Å². The molecule has 244 valence electrons. The van der Waals surface area contributed by atoms with E-state index < -0.39 is 6.10 Å². The van der Waals surface area contributed by atoms with Gasteiger partial charge in [-0.2, -0.15) is 10.4 Å². The Labute approximate surface area is 274 Å². The molecule has 2 aromatic carbocycles. The number of likely N-dealkylation sites (tertiary alicyclic amines) is 1. The molecule has 0 spiro atoms. The Bertz CT molecular complexity index is 1550. The predicted octanol–water partition coefficient (Wildman–Crippen LogP) is 4.03. The number of halogens is 1. The number of nitriles is 1. The number of anilines is 1. The number of aliphatic hydroxyl groups excluding tert-OH is 1. The van der Waals surface area contributed by atoms with Crippen molar-refractivity contribution >= 4 is 34.8 Å². The molecular weight excluding hydrogens is 608 g/mol. The summed E-state index contributed by atoms with van der Waals surface area (Å²) in [6, 6.07) is 10.8. The number of ether oxygens (including phenoxy) is 2. The van der Waals surface area contributed by atoms with Gasteiger partial charge in [0.05, 0.1) is 54.3 Å². The van der Waals surface area contributed by atoms with Crippen LogP contribution in [0.1, 0.15) is 61.3 Å². The molecule has 1 saturated heterocycles. The lowest BCUT2D eigenvalue weighted by molar-refractivity contribution is -0.142. The number of rotatable bonds is 11. The molecule has 1 fully saturated rings. The Morgan fingerprint density at radius 3 is 2.57 bits per heavy atom. The number of methoxy groups -OCH3 is 2. The van der Waals surface area contributed by atoms with E-state index in [-0.39, 0.29) is 52.5 Å². The summed E-state index contributed by atoms with van der Waals surface area (Å²) in [6.45, 7) is 1.92. The number of hydrogen-bond donors (Lipinski definition) is 3. The van der Waals surface area contributed by atoms with Gasteiger partial charge in [-0.1, -0.05) is 23.8 Å². The Kier molecular flexibility index (Phi) is 10.8. The molecule has 3 aliphatic rings. The third-order valence-corrected chi connectivity index (χ3v) is 9.44. The molecule has 2 aromatic rings. The Hall–Kier alpha value is -4.11. The van der Waals surface area contributed by atoms with E-state index in [2.05, 4.69) is 17.5 Å². The molecule has 5 rings (SSSR count). The largest absolute Gasteiger partial charge is 0.493 e. The maximum Gasteiger partial charge on any atom is 0.247 e. The second kappa shape index (κ2) is 15.0. The summed E-state index contributed by atoms with van der Waals surface area (Å²) in [5, 5.41) is 29.8. The van der Waals surface area contributed by atoms with Gasteiger partial charge in [-0.05, 0) is 74.5 Å². The van der Waals surface area contributed by atoms with Crippen LogP contribution in [-0.4, -0.2) is 79.0 Å². The number of fused-ring (bicyclic) bond motifs is 1. The molecule has 4 N–H and O–H groups in total. The first kappa shape index (κ1) is 33.3. The number of benzene rings is 2. The van der Waals surface area contributed by atoms with Crippen LogP contribution in [0.5, 0.6) is 11.5 Å². The molecule has 11 nitrogen and oxygen atoms in total. The number of piperidine rings is 1. The van der Waals surface area contributed by atoms with Crippen molar-refractivity contribution in [3.63, 3.8) is 0 Å². The van der Waals surface area contributed by atoms with Crippen molar-refractivity contribution in [2.24, 2.45) is 16.9 Å². The molecule has 46 heavy (non-hydrogen) atoms. The van der Waals surface area contributed by atoms with Gasteiger partial charge in [-0.3, -0.25) is 9.59 Å². The number of aliphatic hydroxyl groups is 1. The van der Waals surface area contributed by atoms with Crippen LogP contribution in [0.3, 0.4) is 0 Å². The molecule has 0 radical (unpaired) electrons. The molecular formula is C34H41ClN6O5. The van der Waals surface area contributed by atoms with Gasteiger partial charge < -0.3 is 30.5 Å². The first-order chi connectivity index (χ1) is 22.2. The van der Waals surface area contributed by atoms with Crippen molar-refractivity contribution in [2.75, 3.05) is 46.1 Å². The number of carbonyl (C=O) groups is 2. The second-order valence-corrected chi connectivity index (χ2v) is 12.3. The molecule has 3 atom stereocenters. The number of hydrazone groups is 1. The maximum atomic E-state index is 13.7. The lowest BCUT2D eigenvalue weighted by atomic mass is 9.76. The zero-order chi connectivity index (χ0) is 32.8. The molecule has 0 aromatic heterocycles. The normalized spacial score (nSPS) is 20.5. The van der Waals surface area contributed by atoms with Gasteiger partial charge in [-0.25, -0.2) is 5.01 Å². The first-order valence-corrected chi connectivity index (χ1v) is 16.1. The molecule has 1 aliphatic carbocycles. The average molecular weight is 649 g/mol. The van der Waals surface area contributed by atoms with Crippen molar-refractivity contribution in [3.05, 3.63) is 64.2 Å². The predicted molar refractivity (Wildman–Crippen MR) is 176 cm³/mol. The van der Waals surface area contributed by atoms with E-state index in [4.69, 9.17) is 31.9 Å². The zero-order valence-corrected chi connectivity index (χ0v) is 27.0. The maximum absolute atomic E-state index is 13.7. The molecule has 2 amide bonds. The standard InChI is InChI=1S/C34H41ClN6O5/c1-45-29-10-9-21(18-30(29)46-2)33-25-6-3-4-7-26(25)34(44)41(39-33)24-11-14-40(15-12-24)31(43)8-5-13-38-20-28(42)22-16-23(19-36)32(37)27(35)17-22/h3-4,9-10,16-18,24-26,28,38,42H,5-8,11-15,20,37H2,1-2H3. The third-order valence-electron chi connectivity index (χ3n) is 9.12. The Morgan fingerprint density at radius 1 is 1.15 bits per heavy atom. The second-order valence-electron chi connectivity index (χ2n) is 11.9. The minimum absolute atomic E-state index is 0.00236. The molecule has 2 heterocycles. The van der Waals surface area contributed by atoms with E-state index in [1.165, 1.54) is 6.07 Å². The van der Waals surface area contributed by atoms with Gasteiger partial charge in [-0.15, -0.1) is 0 Å². The molecule has 12 heteroatoms. The quantitative estimate of drug-likeness (QED) is 0.188. The number of nitrogen functional groups attached to an aromatic ring is 1. The van der Waals surface area contributed by atoms with Crippen LogP contribution in [0, 0.1) is 23.2 Å². The fraction of sp³-hybridized carbons (Fsp3) is 0.471. The minimum atomic E-state index is -0.868. The number of nitrogens with two attached hydrogens (primary N) is 1. The van der Waals surface area contributed by atoms with Gasteiger partial charge in [0.2, 0.25) is 11.8 Å². The highest BCUT2D eigenvalue weighted by atomic mass is 35.5. The number of nitrogens with one attached hydrogen (secondary N) is 1. The topological polar surface area (TPSA) is 154 Å². The van der Waals surface area contributed by atoms with Crippen LogP contribution in [0.25, 0.3) is 0 Å². The molecule has 0 bridgehead atoms. The van der Waals surface area contributed by atoms with E-state index in [1.807, 2.05) is 29.2 Å². The van der Waals surface area contributed by atoms with Crippen molar-refractivity contribution in [1.82, 2.24) is 15.2 Å². The van der Waals surface area contributed by atoms with Crippen molar-refractivity contribution in [2.45, 2.75) is 50.7 Å². The summed E-state index contributed by atoms with van der Waals surface area (Å²) in [5.74, 6) is 1.22. The summed E-state index contributed by atoms with van der Waals surface area (Å²) in [4.78, 5) is 28.5. The molecule has 2 aliphatic heterocycles. The van der Waals surface area contributed by atoms with E-state index in [0.29, 0.717) is 68.8 Å². The van der Waals surface area contributed by atoms with E-state index in [0.717, 1.165) is 17.7 Å². The van der Waals surface area contributed by atoms with Crippen LogP contribution in [0.15, 0.2) is 47.6 Å². The number of nitrogens with zero attached hydrogens (tertiary/aromatic N) is 4. The lowest BCUT2D eigenvalue weighted by Gasteiger charge is -2.42. The SMILES string of the molecule is COc1ccc(C2=NN(C3CCN(C(=O)CCCNCC(O)c4cc(Cl)c(N)c(C#N)c4)CC3)C(=O)C3CC=CCC23)cc1OC. The van der Waals surface area contributed by atoms with Crippen molar-refractivity contribution in [3.8, 4) is 17.6 Å². The summed E-state index contributed by atoms with van der Waals surface area (Å²) in [6.07, 6.45) is 7.09. The number of carbonyl (C=O) groups excluding carboxylic acids is 2. The smallest absolute Gasteiger partial charge is 0.247 e. The summed E-state index contributed by atoms with van der Waals surface area (Å²) >= 11 is 6.09. The third kappa shape index (κ3) is 7.15. The summed E-state index contributed by atoms with van der Waals surface area (Å²) < 4.78 is 11.0. The summed E-state index contributed by atoms with van der Waals surface area (Å²) in [7, 11) is 3.21. The van der Waals surface area contributed by atoms with Gasteiger partial charge in [0, 0.05) is 37.5 Å². The summed E-state index contributed by atoms with van der Waals surface area (Å²) in [5.41, 5.74) is 8.51. The van der Waals surface area contributed by atoms with Gasteiger partial charge >= 0.3 is 0 Å². The van der Waals surface area contributed by atoms with Crippen LogP contribution in [0.2, 0.25) is 5.02 Å². The van der Waals surface area contributed by atoms with E-state index >= 15 is 0 Å².